The first-order valence-corrected chi connectivity index (χ1v) is 8.45. The zero-order valence-electron chi connectivity index (χ0n) is 13.3. The molecule has 1 heterocycles. The first-order valence-electron chi connectivity index (χ1n) is 7.57. The molecule has 3 aromatic rings. The van der Waals surface area contributed by atoms with E-state index >= 15 is 0 Å². The summed E-state index contributed by atoms with van der Waals surface area (Å²) in [5.41, 5.74) is 0.844. The van der Waals surface area contributed by atoms with Gasteiger partial charge in [0.15, 0.2) is 5.13 Å². The lowest BCUT2D eigenvalue weighted by Gasteiger charge is -2.04. The maximum absolute atomic E-state index is 13.6. The molecule has 0 saturated carbocycles. The zero-order chi connectivity index (χ0) is 18.5. The Hall–Kier alpha value is -3.13. The maximum Gasteiger partial charge on any atom is 0.260 e. The van der Waals surface area contributed by atoms with Gasteiger partial charge in [-0.2, -0.15) is 0 Å². The molecule has 26 heavy (non-hydrogen) atoms. The first kappa shape index (κ1) is 17.7. The quantitative estimate of drug-likeness (QED) is 0.714. The Kier molecular flexibility index (Phi) is 5.33. The Morgan fingerprint density at radius 1 is 1.00 bits per heavy atom. The zero-order valence-corrected chi connectivity index (χ0v) is 14.1. The van der Waals surface area contributed by atoms with Gasteiger partial charge >= 0.3 is 0 Å². The highest BCUT2D eigenvalue weighted by atomic mass is 32.1. The molecule has 0 aliphatic carbocycles. The van der Waals surface area contributed by atoms with Gasteiger partial charge in [-0.15, -0.1) is 11.3 Å². The minimum Gasteiger partial charge on any atom is -0.326 e. The summed E-state index contributed by atoms with van der Waals surface area (Å²) in [5, 5.41) is 7.02. The molecular formula is C18H13F2N3O2S. The molecule has 3 rings (SSSR count). The van der Waals surface area contributed by atoms with Crippen molar-refractivity contribution in [1.29, 1.82) is 0 Å². The molecule has 0 aliphatic heterocycles. The number of benzene rings is 2. The van der Waals surface area contributed by atoms with E-state index < -0.39 is 17.5 Å². The van der Waals surface area contributed by atoms with Crippen LogP contribution in [-0.4, -0.2) is 16.8 Å². The van der Waals surface area contributed by atoms with Crippen LogP contribution in [0.3, 0.4) is 0 Å². The molecule has 8 heteroatoms. The summed E-state index contributed by atoms with van der Waals surface area (Å²) >= 11 is 1.13. The number of aromatic nitrogens is 1. The Morgan fingerprint density at radius 3 is 2.46 bits per heavy atom. The number of carbonyl (C=O) groups is 2. The fourth-order valence-corrected chi connectivity index (χ4v) is 2.86. The van der Waals surface area contributed by atoms with Crippen molar-refractivity contribution in [2.75, 3.05) is 10.6 Å². The van der Waals surface area contributed by atoms with Crippen molar-refractivity contribution >= 4 is 34.0 Å². The van der Waals surface area contributed by atoms with Gasteiger partial charge in [0.05, 0.1) is 17.7 Å². The minimum absolute atomic E-state index is 0.0105. The molecule has 2 amide bonds. The van der Waals surface area contributed by atoms with Gasteiger partial charge in [-0.1, -0.05) is 12.1 Å². The lowest BCUT2D eigenvalue weighted by Crippen LogP contribution is -2.15. The largest absolute Gasteiger partial charge is 0.326 e. The summed E-state index contributed by atoms with van der Waals surface area (Å²) in [7, 11) is 0. The molecule has 0 unspecified atom stereocenters. The third kappa shape index (κ3) is 4.48. The van der Waals surface area contributed by atoms with E-state index in [0.717, 1.165) is 11.3 Å². The summed E-state index contributed by atoms with van der Waals surface area (Å²) in [6, 6.07) is 11.0. The standard InChI is InChI=1S/C18H13F2N3O2S/c19-11-5-7-12(8-6-11)21-16(24)9-13-10-26-18(22-13)23-17(25)14-3-1-2-4-15(14)20/h1-8,10H,9H2,(H,21,24)(H,22,23,25). The van der Waals surface area contributed by atoms with Crippen molar-refractivity contribution < 1.29 is 18.4 Å². The number of halogens is 2. The fraction of sp³-hybridized carbons (Fsp3) is 0.0556. The van der Waals surface area contributed by atoms with Crippen LogP contribution < -0.4 is 10.6 Å². The van der Waals surface area contributed by atoms with Gasteiger partial charge in [-0.3, -0.25) is 14.9 Å². The van der Waals surface area contributed by atoms with Gasteiger partial charge in [0.25, 0.3) is 5.91 Å². The number of rotatable bonds is 5. The number of amides is 2. The van der Waals surface area contributed by atoms with Crippen molar-refractivity contribution in [3.05, 3.63) is 76.8 Å². The number of hydrogen-bond acceptors (Lipinski definition) is 4. The molecule has 2 N–H and O–H groups in total. The van der Waals surface area contributed by atoms with Crippen molar-refractivity contribution in [3.8, 4) is 0 Å². The van der Waals surface area contributed by atoms with E-state index in [-0.39, 0.29) is 23.0 Å². The normalized spacial score (nSPS) is 10.4. The van der Waals surface area contributed by atoms with E-state index in [1.807, 2.05) is 0 Å². The van der Waals surface area contributed by atoms with E-state index in [4.69, 9.17) is 0 Å². The van der Waals surface area contributed by atoms with Gasteiger partial charge in [0.2, 0.25) is 5.91 Å². The SMILES string of the molecule is O=C(Cc1csc(NC(=O)c2ccccc2F)n1)Nc1ccc(F)cc1. The second-order valence-electron chi connectivity index (χ2n) is 5.31. The van der Waals surface area contributed by atoms with E-state index in [2.05, 4.69) is 15.6 Å². The highest BCUT2D eigenvalue weighted by Gasteiger charge is 2.14. The Morgan fingerprint density at radius 2 is 1.73 bits per heavy atom. The summed E-state index contributed by atoms with van der Waals surface area (Å²) in [6.07, 6.45) is -0.0105. The van der Waals surface area contributed by atoms with E-state index in [9.17, 15) is 18.4 Å². The molecule has 0 spiro atoms. The third-order valence-corrected chi connectivity index (χ3v) is 4.17. The highest BCUT2D eigenvalue weighted by Crippen LogP contribution is 2.18. The average molecular weight is 373 g/mol. The van der Waals surface area contributed by atoms with Gasteiger partial charge in [-0.25, -0.2) is 13.8 Å². The Labute approximate surface area is 151 Å². The molecular weight excluding hydrogens is 360 g/mol. The molecule has 5 nitrogen and oxygen atoms in total. The Balaban J connectivity index is 1.59. The van der Waals surface area contributed by atoms with Crippen LogP contribution in [0.25, 0.3) is 0 Å². The summed E-state index contributed by atoms with van der Waals surface area (Å²) in [4.78, 5) is 28.2. The van der Waals surface area contributed by atoms with Crippen LogP contribution >= 0.6 is 11.3 Å². The molecule has 0 bridgehead atoms. The second kappa shape index (κ2) is 7.83. The van der Waals surface area contributed by atoms with E-state index in [0.29, 0.717) is 11.4 Å². The second-order valence-corrected chi connectivity index (χ2v) is 6.17. The number of thiazole rings is 1. The molecule has 0 atom stereocenters. The first-order chi connectivity index (χ1) is 12.5. The van der Waals surface area contributed by atoms with Gasteiger partial charge in [0.1, 0.15) is 11.6 Å². The Bertz CT molecular complexity index is 942. The monoisotopic (exact) mass is 373 g/mol. The summed E-state index contributed by atoms with van der Waals surface area (Å²) in [5.74, 6) is -1.95. The lowest BCUT2D eigenvalue weighted by molar-refractivity contribution is -0.115. The van der Waals surface area contributed by atoms with Crippen LogP contribution in [0, 0.1) is 11.6 Å². The fourth-order valence-electron chi connectivity index (χ4n) is 2.16. The van der Waals surface area contributed by atoms with Crippen LogP contribution in [0.4, 0.5) is 19.6 Å². The average Bonchev–Trinajstić information content (AvgIpc) is 3.04. The number of hydrogen-bond donors (Lipinski definition) is 2. The predicted octanol–water partition coefficient (Wildman–Crippen LogP) is 3.85. The lowest BCUT2D eigenvalue weighted by atomic mass is 10.2. The van der Waals surface area contributed by atoms with Crippen LogP contribution in [0.1, 0.15) is 16.1 Å². The third-order valence-electron chi connectivity index (χ3n) is 3.36. The number of carbonyl (C=O) groups excluding carboxylic acids is 2. The van der Waals surface area contributed by atoms with Crippen molar-refractivity contribution in [2.45, 2.75) is 6.42 Å². The van der Waals surface area contributed by atoms with Gasteiger partial charge < -0.3 is 5.32 Å². The maximum atomic E-state index is 13.6. The molecule has 1 aromatic heterocycles. The smallest absolute Gasteiger partial charge is 0.260 e. The van der Waals surface area contributed by atoms with E-state index in [1.165, 1.54) is 42.5 Å². The molecule has 2 aromatic carbocycles. The van der Waals surface area contributed by atoms with Gasteiger partial charge in [0, 0.05) is 11.1 Å². The summed E-state index contributed by atoms with van der Waals surface area (Å²) < 4.78 is 26.4. The summed E-state index contributed by atoms with van der Waals surface area (Å²) in [6.45, 7) is 0. The molecule has 0 fully saturated rings. The topological polar surface area (TPSA) is 71.1 Å². The van der Waals surface area contributed by atoms with Crippen LogP contribution in [0.15, 0.2) is 53.9 Å². The van der Waals surface area contributed by atoms with Crippen LogP contribution in [-0.2, 0) is 11.2 Å². The minimum atomic E-state index is -0.625. The number of anilines is 2. The van der Waals surface area contributed by atoms with Crippen molar-refractivity contribution in [3.63, 3.8) is 0 Å². The molecule has 132 valence electrons. The molecule has 0 aliphatic rings. The number of nitrogens with zero attached hydrogens (tertiary/aromatic N) is 1. The van der Waals surface area contributed by atoms with Crippen molar-refractivity contribution in [2.24, 2.45) is 0 Å². The number of nitrogens with one attached hydrogen (secondary N) is 2. The van der Waals surface area contributed by atoms with Crippen LogP contribution in [0.5, 0.6) is 0 Å². The van der Waals surface area contributed by atoms with E-state index in [1.54, 1.807) is 11.4 Å². The van der Waals surface area contributed by atoms with Gasteiger partial charge in [-0.05, 0) is 36.4 Å². The highest BCUT2D eigenvalue weighted by molar-refractivity contribution is 7.14. The predicted molar refractivity (Wildman–Crippen MR) is 95.2 cm³/mol. The van der Waals surface area contributed by atoms with Crippen molar-refractivity contribution in [1.82, 2.24) is 4.98 Å². The molecule has 0 radical (unpaired) electrons. The van der Waals surface area contributed by atoms with Crippen LogP contribution in [0.2, 0.25) is 0 Å². The molecule has 0 saturated heterocycles.